The number of hydrogen-bond donors (Lipinski definition) is 2. The molecule has 0 aromatic heterocycles. The van der Waals surface area contributed by atoms with E-state index in [0.29, 0.717) is 13.0 Å². The number of hydrazine groups is 1. The van der Waals surface area contributed by atoms with Crippen molar-refractivity contribution < 1.29 is 23.1 Å². The van der Waals surface area contributed by atoms with Gasteiger partial charge in [0, 0.05) is 37.3 Å². The lowest BCUT2D eigenvalue weighted by atomic mass is 9.85. The Kier molecular flexibility index (Phi) is 8.71. The molecule has 0 unspecified atom stereocenters. The summed E-state index contributed by atoms with van der Waals surface area (Å²) in [5, 5.41) is 4.93. The van der Waals surface area contributed by atoms with Crippen LogP contribution in [-0.4, -0.2) is 59.9 Å². The van der Waals surface area contributed by atoms with Gasteiger partial charge in [-0.1, -0.05) is 42.5 Å². The number of nitrogens with zero attached hydrogens (tertiary/aromatic N) is 2. The molecule has 40 heavy (non-hydrogen) atoms. The predicted molar refractivity (Wildman–Crippen MR) is 149 cm³/mol. The van der Waals surface area contributed by atoms with Gasteiger partial charge in [0.1, 0.15) is 5.75 Å². The van der Waals surface area contributed by atoms with Crippen LogP contribution < -0.4 is 15.5 Å². The molecule has 2 aromatic rings. The second kappa shape index (κ2) is 12.2. The van der Waals surface area contributed by atoms with Gasteiger partial charge in [-0.05, 0) is 68.5 Å². The fourth-order valence-electron chi connectivity index (χ4n) is 6.22. The van der Waals surface area contributed by atoms with Crippen molar-refractivity contribution in [1.82, 2.24) is 20.7 Å². The Morgan fingerprint density at radius 3 is 2.38 bits per heavy atom. The molecule has 3 fully saturated rings. The minimum Gasteiger partial charge on any atom is -0.497 e. The second-order valence-electron chi connectivity index (χ2n) is 11.6. The van der Waals surface area contributed by atoms with Gasteiger partial charge in [0.05, 0.1) is 19.7 Å². The van der Waals surface area contributed by atoms with Crippen LogP contribution in [0, 0.1) is 5.92 Å². The van der Waals surface area contributed by atoms with Crippen molar-refractivity contribution >= 4 is 11.8 Å². The van der Waals surface area contributed by atoms with Crippen LogP contribution in [0.5, 0.6) is 5.75 Å². The van der Waals surface area contributed by atoms with Crippen molar-refractivity contribution in [2.75, 3.05) is 26.7 Å². The summed E-state index contributed by atoms with van der Waals surface area (Å²) in [6, 6.07) is 17.5. The second-order valence-corrected chi connectivity index (χ2v) is 11.6. The minimum atomic E-state index is -2.65. The minimum absolute atomic E-state index is 0.118. The number of carbonyl (C=O) groups is 2. The summed E-state index contributed by atoms with van der Waals surface area (Å²) >= 11 is 0. The number of benzene rings is 2. The quantitative estimate of drug-likeness (QED) is 0.464. The molecule has 2 N–H and O–H groups in total. The average molecular weight is 555 g/mol. The van der Waals surface area contributed by atoms with Crippen LogP contribution >= 0.6 is 0 Å². The van der Waals surface area contributed by atoms with E-state index >= 15 is 0 Å². The smallest absolute Gasteiger partial charge is 0.248 e. The molecule has 2 aliphatic heterocycles. The van der Waals surface area contributed by atoms with Crippen molar-refractivity contribution in [2.45, 2.75) is 75.4 Å². The van der Waals surface area contributed by atoms with Gasteiger partial charge >= 0.3 is 0 Å². The highest BCUT2D eigenvalue weighted by Gasteiger charge is 2.44. The van der Waals surface area contributed by atoms with E-state index in [9.17, 15) is 18.4 Å². The molecule has 0 bridgehead atoms. The molecule has 2 saturated heterocycles. The number of halogens is 2. The van der Waals surface area contributed by atoms with E-state index in [4.69, 9.17) is 4.74 Å². The lowest BCUT2D eigenvalue weighted by molar-refractivity contribution is -0.131. The maximum atomic E-state index is 13.6. The van der Waals surface area contributed by atoms with E-state index in [1.807, 2.05) is 54.6 Å². The molecule has 5 rings (SSSR count). The number of piperidine rings is 1. The Balaban J connectivity index is 1.13. The Morgan fingerprint density at radius 1 is 1.05 bits per heavy atom. The van der Waals surface area contributed by atoms with E-state index in [-0.39, 0.29) is 55.0 Å². The molecule has 0 radical (unpaired) electrons. The van der Waals surface area contributed by atoms with Gasteiger partial charge in [-0.15, -0.1) is 0 Å². The van der Waals surface area contributed by atoms with Gasteiger partial charge in [0.15, 0.2) is 0 Å². The molecule has 2 amide bonds. The van der Waals surface area contributed by atoms with Crippen molar-refractivity contribution in [2.24, 2.45) is 5.92 Å². The van der Waals surface area contributed by atoms with E-state index in [0.717, 1.165) is 55.8 Å². The maximum Gasteiger partial charge on any atom is 0.248 e. The largest absolute Gasteiger partial charge is 0.497 e. The van der Waals surface area contributed by atoms with Crippen molar-refractivity contribution in [3.8, 4) is 5.75 Å². The maximum absolute atomic E-state index is 13.6. The number of hydrogen-bond acceptors (Lipinski definition) is 5. The van der Waals surface area contributed by atoms with Crippen molar-refractivity contribution in [3.63, 3.8) is 0 Å². The average Bonchev–Trinajstić information content (AvgIpc) is 3.26. The molecule has 3 aliphatic rings. The molecule has 1 atom stereocenters. The van der Waals surface area contributed by atoms with E-state index in [2.05, 4.69) is 15.6 Å². The van der Waals surface area contributed by atoms with Crippen LogP contribution in [0.1, 0.15) is 68.5 Å². The number of alkyl halides is 2. The lowest BCUT2D eigenvalue weighted by Gasteiger charge is -2.39. The number of carbonyl (C=O) groups excluding carboxylic acids is 2. The zero-order chi connectivity index (χ0) is 28.2. The number of ether oxygens (including phenoxy) is 1. The first-order valence-electron chi connectivity index (χ1n) is 14.4. The highest BCUT2D eigenvalue weighted by molar-refractivity contribution is 5.79. The molecular weight excluding hydrogens is 514 g/mol. The Labute approximate surface area is 235 Å². The first-order chi connectivity index (χ1) is 19.2. The Hall–Kier alpha value is -3.04. The summed E-state index contributed by atoms with van der Waals surface area (Å²) in [5.74, 6) is -2.20. The summed E-state index contributed by atoms with van der Waals surface area (Å²) in [6.07, 6.45) is 3.01. The molecule has 2 aromatic carbocycles. The summed E-state index contributed by atoms with van der Waals surface area (Å²) in [5.41, 5.74) is 5.39. The molecule has 1 spiro atoms. The number of rotatable bonds is 9. The first kappa shape index (κ1) is 28.5. The van der Waals surface area contributed by atoms with E-state index < -0.39 is 5.92 Å². The van der Waals surface area contributed by atoms with Crippen LogP contribution in [-0.2, 0) is 16.1 Å². The van der Waals surface area contributed by atoms with Crippen molar-refractivity contribution in [3.05, 3.63) is 65.7 Å². The SMILES string of the molecule is COc1ccc(CN2NC3(CCN(CC[C@H](NC(=O)C4CCC(F)(F)CC4)c4ccccc4)CC3)CC2=O)cc1. The molecule has 7 nitrogen and oxygen atoms in total. The van der Waals surface area contributed by atoms with Crippen LogP contribution in [0.2, 0.25) is 0 Å². The summed E-state index contributed by atoms with van der Waals surface area (Å²) in [7, 11) is 1.64. The summed E-state index contributed by atoms with van der Waals surface area (Å²) in [4.78, 5) is 28.3. The summed E-state index contributed by atoms with van der Waals surface area (Å²) < 4.78 is 32.4. The molecular formula is C31H40F2N4O3. The third kappa shape index (κ3) is 6.99. The third-order valence-electron chi connectivity index (χ3n) is 8.82. The zero-order valence-electron chi connectivity index (χ0n) is 23.2. The summed E-state index contributed by atoms with van der Waals surface area (Å²) in [6.45, 7) is 3.06. The van der Waals surface area contributed by atoms with Crippen LogP contribution in [0.15, 0.2) is 54.6 Å². The molecule has 1 saturated carbocycles. The first-order valence-corrected chi connectivity index (χ1v) is 14.4. The highest BCUT2D eigenvalue weighted by Crippen LogP contribution is 2.37. The molecule has 1 aliphatic carbocycles. The van der Waals surface area contributed by atoms with Gasteiger partial charge < -0.3 is 15.0 Å². The fraction of sp³-hybridized carbons (Fsp3) is 0.548. The van der Waals surface area contributed by atoms with Gasteiger partial charge in [-0.2, -0.15) is 0 Å². The van der Waals surface area contributed by atoms with E-state index in [1.165, 1.54) is 0 Å². The third-order valence-corrected chi connectivity index (χ3v) is 8.82. The molecule has 216 valence electrons. The van der Waals surface area contributed by atoms with Crippen LogP contribution in [0.4, 0.5) is 8.78 Å². The van der Waals surface area contributed by atoms with Gasteiger partial charge in [-0.3, -0.25) is 14.6 Å². The topological polar surface area (TPSA) is 73.9 Å². The predicted octanol–water partition coefficient (Wildman–Crippen LogP) is 4.84. The Bertz CT molecular complexity index is 1140. The highest BCUT2D eigenvalue weighted by atomic mass is 19.3. The van der Waals surface area contributed by atoms with Gasteiger partial charge in [0.2, 0.25) is 17.7 Å². The fourth-order valence-corrected chi connectivity index (χ4v) is 6.22. The van der Waals surface area contributed by atoms with Gasteiger partial charge in [0.25, 0.3) is 0 Å². The Morgan fingerprint density at radius 2 is 1.73 bits per heavy atom. The molecule has 2 heterocycles. The van der Waals surface area contributed by atoms with Crippen molar-refractivity contribution in [1.29, 1.82) is 0 Å². The number of likely N-dealkylation sites (tertiary alicyclic amines) is 1. The number of nitrogens with one attached hydrogen (secondary N) is 2. The van der Waals surface area contributed by atoms with Crippen LogP contribution in [0.3, 0.4) is 0 Å². The normalized spacial score (nSPS) is 21.9. The number of methoxy groups -OCH3 is 1. The standard InChI is InChI=1S/C31H40F2N4O3/c1-40-26-9-7-23(8-10-26)22-37-28(38)21-30(35-37)16-19-36(20-17-30)18-13-27(24-5-3-2-4-6-24)34-29(39)25-11-14-31(32,33)15-12-25/h2-10,25,27,35H,11-22H2,1H3,(H,34,39)/t27-/m0/s1. The number of amides is 2. The zero-order valence-corrected chi connectivity index (χ0v) is 23.2. The monoisotopic (exact) mass is 554 g/mol. The van der Waals surface area contributed by atoms with Crippen LogP contribution in [0.25, 0.3) is 0 Å². The van der Waals surface area contributed by atoms with Gasteiger partial charge in [-0.25, -0.2) is 14.2 Å². The molecule has 9 heteroatoms. The van der Waals surface area contributed by atoms with E-state index in [1.54, 1.807) is 12.1 Å². The lowest BCUT2D eigenvalue weighted by Crippen LogP contribution is -2.53.